The summed E-state index contributed by atoms with van der Waals surface area (Å²) in [6, 6.07) is 0.00297. The van der Waals surface area contributed by atoms with Crippen LogP contribution in [0.15, 0.2) is 0 Å². The Bertz CT molecular complexity index is 309. The second-order valence-corrected chi connectivity index (χ2v) is 5.26. The van der Waals surface area contributed by atoms with Crippen molar-refractivity contribution in [1.82, 2.24) is 10.6 Å². The van der Waals surface area contributed by atoms with Gasteiger partial charge in [0.2, 0.25) is 0 Å². The first-order valence-electron chi connectivity index (χ1n) is 6.80. The number of ether oxygens (including phenoxy) is 1. The first-order valence-corrected chi connectivity index (χ1v) is 6.80. The smallest absolute Gasteiger partial charge is 0.315 e. The summed E-state index contributed by atoms with van der Waals surface area (Å²) in [6.45, 7) is 2.43. The number of rotatable bonds is 7. The number of urea groups is 1. The SMILES string of the molecule is COC1CCC(NC(=O)NCC(C)CCC(=O)O)C1. The van der Waals surface area contributed by atoms with Gasteiger partial charge in [-0.05, 0) is 31.6 Å². The number of aliphatic carboxylic acids is 1. The van der Waals surface area contributed by atoms with Crippen LogP contribution in [0.2, 0.25) is 0 Å². The van der Waals surface area contributed by atoms with Gasteiger partial charge in [0.1, 0.15) is 0 Å². The van der Waals surface area contributed by atoms with E-state index < -0.39 is 5.97 Å². The number of carboxylic acid groups (broad SMARTS) is 1. The zero-order chi connectivity index (χ0) is 14.3. The molecule has 2 amide bonds. The zero-order valence-corrected chi connectivity index (χ0v) is 11.6. The monoisotopic (exact) mass is 272 g/mol. The van der Waals surface area contributed by atoms with Gasteiger partial charge in [-0.1, -0.05) is 6.92 Å². The Balaban J connectivity index is 2.12. The summed E-state index contributed by atoms with van der Waals surface area (Å²) in [7, 11) is 1.69. The number of carbonyl (C=O) groups is 2. The lowest BCUT2D eigenvalue weighted by Gasteiger charge is -2.16. The fourth-order valence-corrected chi connectivity index (χ4v) is 2.26. The standard InChI is InChI=1S/C13H24N2O4/c1-9(3-6-12(16)17)8-14-13(18)15-10-4-5-11(7-10)19-2/h9-11H,3-8H2,1-2H3,(H,16,17)(H2,14,15,18). The van der Waals surface area contributed by atoms with Crippen LogP contribution in [0.1, 0.15) is 39.0 Å². The molecule has 0 saturated heterocycles. The van der Waals surface area contributed by atoms with Gasteiger partial charge < -0.3 is 20.5 Å². The average Bonchev–Trinajstić information content (AvgIpc) is 2.81. The third kappa shape index (κ3) is 6.42. The highest BCUT2D eigenvalue weighted by molar-refractivity contribution is 5.74. The molecule has 0 aliphatic heterocycles. The van der Waals surface area contributed by atoms with Crippen LogP contribution in [0.3, 0.4) is 0 Å². The predicted molar refractivity (Wildman–Crippen MR) is 71.0 cm³/mol. The van der Waals surface area contributed by atoms with E-state index in [4.69, 9.17) is 9.84 Å². The first kappa shape index (κ1) is 15.8. The minimum Gasteiger partial charge on any atom is -0.481 e. The van der Waals surface area contributed by atoms with Crippen LogP contribution in [0.5, 0.6) is 0 Å². The number of hydrogen-bond donors (Lipinski definition) is 3. The van der Waals surface area contributed by atoms with Gasteiger partial charge in [0.25, 0.3) is 0 Å². The van der Waals surface area contributed by atoms with Crippen LogP contribution in [-0.4, -0.2) is 42.9 Å². The lowest BCUT2D eigenvalue weighted by Crippen LogP contribution is -2.42. The van der Waals surface area contributed by atoms with Crippen molar-refractivity contribution in [2.45, 2.75) is 51.2 Å². The molecule has 1 rings (SSSR count). The normalized spacial score (nSPS) is 23.9. The Labute approximate surface area is 113 Å². The maximum absolute atomic E-state index is 11.7. The molecule has 6 heteroatoms. The summed E-state index contributed by atoms with van der Waals surface area (Å²) < 4.78 is 5.25. The molecule has 110 valence electrons. The van der Waals surface area contributed by atoms with Crippen molar-refractivity contribution in [3.8, 4) is 0 Å². The van der Waals surface area contributed by atoms with Gasteiger partial charge in [-0.25, -0.2) is 4.79 Å². The van der Waals surface area contributed by atoms with Crippen molar-refractivity contribution in [3.63, 3.8) is 0 Å². The molecule has 0 spiro atoms. The quantitative estimate of drug-likeness (QED) is 0.653. The van der Waals surface area contributed by atoms with E-state index in [9.17, 15) is 9.59 Å². The van der Waals surface area contributed by atoms with Gasteiger partial charge in [-0.15, -0.1) is 0 Å². The Hall–Kier alpha value is -1.30. The predicted octanol–water partition coefficient (Wildman–Crippen LogP) is 1.35. The summed E-state index contributed by atoms with van der Waals surface area (Å²) in [5.41, 5.74) is 0. The van der Waals surface area contributed by atoms with Crippen molar-refractivity contribution >= 4 is 12.0 Å². The number of carboxylic acids is 1. The molecule has 19 heavy (non-hydrogen) atoms. The number of hydrogen-bond acceptors (Lipinski definition) is 3. The topological polar surface area (TPSA) is 87.7 Å². The Morgan fingerprint density at radius 1 is 1.42 bits per heavy atom. The molecule has 0 bridgehead atoms. The summed E-state index contributed by atoms with van der Waals surface area (Å²) in [6.07, 6.45) is 3.75. The van der Waals surface area contributed by atoms with Crippen molar-refractivity contribution in [3.05, 3.63) is 0 Å². The van der Waals surface area contributed by atoms with E-state index in [2.05, 4.69) is 10.6 Å². The third-order valence-corrected chi connectivity index (χ3v) is 3.52. The van der Waals surface area contributed by atoms with Gasteiger partial charge in [-0.2, -0.15) is 0 Å². The van der Waals surface area contributed by atoms with Gasteiger partial charge in [-0.3, -0.25) is 4.79 Å². The van der Waals surface area contributed by atoms with E-state index in [1.165, 1.54) is 0 Å². The molecule has 1 saturated carbocycles. The Morgan fingerprint density at radius 3 is 2.74 bits per heavy atom. The molecule has 1 aliphatic rings. The molecule has 0 aromatic heterocycles. The fraction of sp³-hybridized carbons (Fsp3) is 0.846. The molecule has 3 atom stereocenters. The second kappa shape index (κ2) is 7.99. The molecule has 0 heterocycles. The highest BCUT2D eigenvalue weighted by Gasteiger charge is 2.25. The third-order valence-electron chi connectivity index (χ3n) is 3.52. The average molecular weight is 272 g/mol. The molecule has 3 unspecified atom stereocenters. The van der Waals surface area contributed by atoms with E-state index in [1.54, 1.807) is 7.11 Å². The van der Waals surface area contributed by atoms with E-state index in [0.29, 0.717) is 13.0 Å². The number of nitrogens with one attached hydrogen (secondary N) is 2. The summed E-state index contributed by atoms with van der Waals surface area (Å²) in [5.74, 6) is -0.634. The lowest BCUT2D eigenvalue weighted by molar-refractivity contribution is -0.137. The Kier molecular flexibility index (Phi) is 6.62. The molecule has 0 radical (unpaired) electrons. The molecular formula is C13H24N2O4. The minimum atomic E-state index is -0.798. The highest BCUT2D eigenvalue weighted by Crippen LogP contribution is 2.21. The van der Waals surface area contributed by atoms with Crippen molar-refractivity contribution < 1.29 is 19.4 Å². The molecule has 0 aromatic carbocycles. The molecule has 1 aliphatic carbocycles. The van der Waals surface area contributed by atoms with Crippen molar-refractivity contribution in [2.24, 2.45) is 5.92 Å². The highest BCUT2D eigenvalue weighted by atomic mass is 16.5. The summed E-state index contributed by atoms with van der Waals surface area (Å²) >= 11 is 0. The Morgan fingerprint density at radius 2 is 2.16 bits per heavy atom. The maximum Gasteiger partial charge on any atom is 0.315 e. The van der Waals surface area contributed by atoms with Crippen LogP contribution >= 0.6 is 0 Å². The van der Waals surface area contributed by atoms with Crippen LogP contribution in [0, 0.1) is 5.92 Å². The van der Waals surface area contributed by atoms with Crippen LogP contribution in [-0.2, 0) is 9.53 Å². The van der Waals surface area contributed by atoms with Crippen molar-refractivity contribution in [1.29, 1.82) is 0 Å². The summed E-state index contributed by atoms with van der Waals surface area (Å²) in [5, 5.41) is 14.3. The van der Waals surface area contributed by atoms with Crippen LogP contribution in [0.25, 0.3) is 0 Å². The molecule has 0 aromatic rings. The first-order chi connectivity index (χ1) is 9.01. The minimum absolute atomic E-state index is 0.141. The van der Waals surface area contributed by atoms with E-state index in [-0.39, 0.29) is 30.5 Å². The largest absolute Gasteiger partial charge is 0.481 e. The maximum atomic E-state index is 11.7. The molecule has 3 N–H and O–H groups in total. The molecule has 6 nitrogen and oxygen atoms in total. The molecule has 1 fully saturated rings. The van der Waals surface area contributed by atoms with E-state index in [1.807, 2.05) is 6.92 Å². The van der Waals surface area contributed by atoms with Gasteiger partial charge in [0.15, 0.2) is 0 Å². The lowest BCUT2D eigenvalue weighted by atomic mass is 10.1. The van der Waals surface area contributed by atoms with Crippen molar-refractivity contribution in [2.75, 3.05) is 13.7 Å². The van der Waals surface area contributed by atoms with Gasteiger partial charge >= 0.3 is 12.0 Å². The second-order valence-electron chi connectivity index (χ2n) is 5.26. The van der Waals surface area contributed by atoms with Gasteiger partial charge in [0.05, 0.1) is 6.10 Å². The van der Waals surface area contributed by atoms with E-state index >= 15 is 0 Å². The molecular weight excluding hydrogens is 248 g/mol. The van der Waals surface area contributed by atoms with Crippen LogP contribution in [0.4, 0.5) is 4.79 Å². The summed E-state index contributed by atoms with van der Waals surface area (Å²) in [4.78, 5) is 22.1. The van der Waals surface area contributed by atoms with Gasteiger partial charge in [0, 0.05) is 26.1 Å². The number of carbonyl (C=O) groups excluding carboxylic acids is 1. The number of methoxy groups -OCH3 is 1. The van der Waals surface area contributed by atoms with Crippen LogP contribution < -0.4 is 10.6 Å². The fourth-order valence-electron chi connectivity index (χ4n) is 2.26. The zero-order valence-electron chi connectivity index (χ0n) is 11.6. The number of amides is 2. The van der Waals surface area contributed by atoms with E-state index in [0.717, 1.165) is 19.3 Å².